The van der Waals surface area contributed by atoms with Gasteiger partial charge in [0.1, 0.15) is 5.69 Å². The molecule has 1 fully saturated rings. The number of carbonyl (C=O) groups excluding carboxylic acids is 1. The molecule has 2 aromatic rings. The van der Waals surface area contributed by atoms with Crippen LogP contribution in [0.1, 0.15) is 29.5 Å². The molecule has 7 heteroatoms. The molecule has 0 spiro atoms. The second kappa shape index (κ2) is 8.62. The summed E-state index contributed by atoms with van der Waals surface area (Å²) in [5.74, 6) is 0.245. The number of benzene rings is 1. The third-order valence-corrected chi connectivity index (χ3v) is 4.12. The van der Waals surface area contributed by atoms with Crippen molar-refractivity contribution in [1.82, 2.24) is 9.97 Å². The first kappa shape index (κ1) is 18.1. The number of hydrogen-bond acceptors (Lipinski definition) is 6. The number of anilines is 3. The van der Waals surface area contributed by atoms with Gasteiger partial charge in [-0.05, 0) is 31.5 Å². The van der Waals surface area contributed by atoms with E-state index in [1.54, 1.807) is 6.07 Å². The summed E-state index contributed by atoms with van der Waals surface area (Å²) < 4.78 is 5.42. The number of carbonyl (C=O) groups is 1. The Bertz CT molecular complexity index is 759. The van der Waals surface area contributed by atoms with Gasteiger partial charge in [0, 0.05) is 25.3 Å². The van der Waals surface area contributed by atoms with Gasteiger partial charge < -0.3 is 20.3 Å². The molecule has 0 aliphatic carbocycles. The van der Waals surface area contributed by atoms with Gasteiger partial charge in [-0.1, -0.05) is 19.1 Å². The fourth-order valence-electron chi connectivity index (χ4n) is 2.85. The Morgan fingerprint density at radius 1 is 1.23 bits per heavy atom. The molecular weight excluding hydrogens is 330 g/mol. The van der Waals surface area contributed by atoms with E-state index in [-0.39, 0.29) is 5.91 Å². The highest BCUT2D eigenvalue weighted by molar-refractivity contribution is 6.04. The molecule has 26 heavy (non-hydrogen) atoms. The zero-order valence-corrected chi connectivity index (χ0v) is 15.3. The smallest absolute Gasteiger partial charge is 0.274 e. The predicted octanol–water partition coefficient (Wildman–Crippen LogP) is 2.70. The number of nitrogens with one attached hydrogen (secondary N) is 2. The maximum atomic E-state index is 12.8. The Kier molecular flexibility index (Phi) is 6.01. The Labute approximate surface area is 153 Å². The van der Waals surface area contributed by atoms with Crippen LogP contribution in [0.3, 0.4) is 0 Å². The van der Waals surface area contributed by atoms with Crippen molar-refractivity contribution in [3.8, 4) is 0 Å². The Morgan fingerprint density at radius 3 is 2.77 bits per heavy atom. The fraction of sp³-hybridized carbons (Fsp3) is 0.421. The zero-order valence-electron chi connectivity index (χ0n) is 15.3. The average molecular weight is 355 g/mol. The molecule has 0 bridgehead atoms. The van der Waals surface area contributed by atoms with Gasteiger partial charge in [-0.3, -0.25) is 4.79 Å². The number of para-hydroxylation sites is 2. The van der Waals surface area contributed by atoms with Crippen LogP contribution >= 0.6 is 0 Å². The van der Waals surface area contributed by atoms with Crippen molar-refractivity contribution in [2.75, 3.05) is 48.4 Å². The molecule has 138 valence electrons. The minimum absolute atomic E-state index is 0.240. The van der Waals surface area contributed by atoms with Crippen LogP contribution < -0.4 is 15.5 Å². The van der Waals surface area contributed by atoms with Gasteiger partial charge in [-0.15, -0.1) is 0 Å². The average Bonchev–Trinajstić information content (AvgIpc) is 2.67. The molecule has 0 radical (unpaired) electrons. The van der Waals surface area contributed by atoms with E-state index in [9.17, 15) is 4.79 Å². The molecule has 1 saturated heterocycles. The predicted molar refractivity (Wildman–Crippen MR) is 103 cm³/mol. The van der Waals surface area contributed by atoms with Gasteiger partial charge in [0.15, 0.2) is 0 Å². The van der Waals surface area contributed by atoms with E-state index in [0.29, 0.717) is 24.9 Å². The third-order valence-electron chi connectivity index (χ3n) is 4.12. The lowest BCUT2D eigenvalue weighted by Crippen LogP contribution is -2.36. The third kappa shape index (κ3) is 4.49. The number of nitrogens with zero attached hydrogens (tertiary/aromatic N) is 3. The van der Waals surface area contributed by atoms with E-state index in [1.165, 1.54) is 0 Å². The summed E-state index contributed by atoms with van der Waals surface area (Å²) >= 11 is 0. The van der Waals surface area contributed by atoms with Gasteiger partial charge in [0.2, 0.25) is 5.95 Å². The van der Waals surface area contributed by atoms with Crippen molar-refractivity contribution in [2.24, 2.45) is 0 Å². The number of morpholine rings is 1. The van der Waals surface area contributed by atoms with E-state index in [1.807, 2.05) is 31.2 Å². The SMILES string of the molecule is CCCNc1nc(C)cc(C(=O)Nc2ccccc2N2CCOCC2)n1. The molecule has 2 N–H and O–H groups in total. The fourth-order valence-corrected chi connectivity index (χ4v) is 2.85. The van der Waals surface area contributed by atoms with Crippen LogP contribution in [0.15, 0.2) is 30.3 Å². The number of amides is 1. The number of ether oxygens (including phenoxy) is 1. The first-order valence-corrected chi connectivity index (χ1v) is 9.00. The lowest BCUT2D eigenvalue weighted by atomic mass is 10.2. The molecule has 7 nitrogen and oxygen atoms in total. The summed E-state index contributed by atoms with van der Waals surface area (Å²) in [4.78, 5) is 23.6. The van der Waals surface area contributed by atoms with Crippen molar-refractivity contribution < 1.29 is 9.53 Å². The minimum atomic E-state index is -0.240. The van der Waals surface area contributed by atoms with Crippen LogP contribution in [0, 0.1) is 6.92 Å². The number of rotatable bonds is 6. The lowest BCUT2D eigenvalue weighted by molar-refractivity contribution is 0.102. The van der Waals surface area contributed by atoms with Crippen LogP contribution in [0.4, 0.5) is 17.3 Å². The highest BCUT2D eigenvalue weighted by Crippen LogP contribution is 2.26. The maximum absolute atomic E-state index is 12.8. The molecule has 2 heterocycles. The van der Waals surface area contributed by atoms with Crippen molar-refractivity contribution >= 4 is 23.2 Å². The van der Waals surface area contributed by atoms with E-state index in [4.69, 9.17) is 4.74 Å². The maximum Gasteiger partial charge on any atom is 0.274 e. The number of hydrogen-bond donors (Lipinski definition) is 2. The van der Waals surface area contributed by atoms with Crippen molar-refractivity contribution in [3.63, 3.8) is 0 Å². The minimum Gasteiger partial charge on any atom is -0.378 e. The molecule has 1 aromatic heterocycles. The summed E-state index contributed by atoms with van der Waals surface area (Å²) in [5, 5.41) is 6.13. The van der Waals surface area contributed by atoms with Gasteiger partial charge in [0.25, 0.3) is 5.91 Å². The molecule has 0 atom stereocenters. The molecule has 1 aliphatic rings. The summed E-state index contributed by atoms with van der Waals surface area (Å²) in [6.07, 6.45) is 0.964. The van der Waals surface area contributed by atoms with E-state index < -0.39 is 0 Å². The Balaban J connectivity index is 1.79. The van der Waals surface area contributed by atoms with E-state index in [0.717, 1.165) is 43.1 Å². The Morgan fingerprint density at radius 2 is 2.00 bits per heavy atom. The largest absolute Gasteiger partial charge is 0.378 e. The van der Waals surface area contributed by atoms with Crippen molar-refractivity contribution in [1.29, 1.82) is 0 Å². The normalized spacial score (nSPS) is 14.2. The Hall–Kier alpha value is -2.67. The lowest BCUT2D eigenvalue weighted by Gasteiger charge is -2.30. The second-order valence-corrected chi connectivity index (χ2v) is 6.22. The standard InChI is InChI=1S/C19H25N5O2/c1-3-8-20-19-21-14(2)13-16(23-19)18(25)22-15-6-4-5-7-17(15)24-9-11-26-12-10-24/h4-7,13H,3,8-12H2,1-2H3,(H,22,25)(H,20,21,23). The van der Waals surface area contributed by atoms with Gasteiger partial charge in [0.05, 0.1) is 24.6 Å². The highest BCUT2D eigenvalue weighted by Gasteiger charge is 2.17. The van der Waals surface area contributed by atoms with Gasteiger partial charge in [-0.25, -0.2) is 9.97 Å². The second-order valence-electron chi connectivity index (χ2n) is 6.22. The van der Waals surface area contributed by atoms with Crippen molar-refractivity contribution in [2.45, 2.75) is 20.3 Å². The van der Waals surface area contributed by atoms with Crippen LogP contribution in [-0.4, -0.2) is 48.7 Å². The molecule has 1 aliphatic heterocycles. The topological polar surface area (TPSA) is 79.4 Å². The molecule has 1 amide bonds. The first-order chi connectivity index (χ1) is 12.7. The monoisotopic (exact) mass is 355 g/mol. The quantitative estimate of drug-likeness (QED) is 0.829. The molecular formula is C19H25N5O2. The molecule has 0 unspecified atom stereocenters. The summed E-state index contributed by atoms with van der Waals surface area (Å²) in [5.41, 5.74) is 2.89. The van der Waals surface area contributed by atoms with E-state index >= 15 is 0 Å². The first-order valence-electron chi connectivity index (χ1n) is 9.00. The summed E-state index contributed by atoms with van der Waals surface area (Å²) in [7, 11) is 0. The molecule has 1 aromatic carbocycles. The highest BCUT2D eigenvalue weighted by atomic mass is 16.5. The molecule has 0 saturated carbocycles. The van der Waals surface area contributed by atoms with Crippen molar-refractivity contribution in [3.05, 3.63) is 41.7 Å². The zero-order chi connectivity index (χ0) is 18.4. The number of aromatic nitrogens is 2. The molecule has 3 rings (SSSR count). The van der Waals surface area contributed by atoms with Crippen LogP contribution in [0.25, 0.3) is 0 Å². The van der Waals surface area contributed by atoms with Gasteiger partial charge >= 0.3 is 0 Å². The van der Waals surface area contributed by atoms with Crippen LogP contribution in [0.5, 0.6) is 0 Å². The summed E-state index contributed by atoms with van der Waals surface area (Å²) in [6.45, 7) is 7.70. The van der Waals surface area contributed by atoms with Gasteiger partial charge in [-0.2, -0.15) is 0 Å². The summed E-state index contributed by atoms with van der Waals surface area (Å²) in [6, 6.07) is 9.51. The van der Waals surface area contributed by atoms with Crippen LogP contribution in [-0.2, 0) is 4.74 Å². The van der Waals surface area contributed by atoms with Crippen LogP contribution in [0.2, 0.25) is 0 Å². The van der Waals surface area contributed by atoms with E-state index in [2.05, 4.69) is 32.4 Å². The number of aryl methyl sites for hydroxylation is 1.